The molecule has 0 aromatic heterocycles. The molecular weight excluding hydrogens is 244 g/mol. The number of likely N-dealkylation sites (tertiary alicyclic amines) is 1. The third-order valence-corrected chi connectivity index (χ3v) is 4.08. The molecule has 2 N–H and O–H groups in total. The molecule has 2 aliphatic heterocycles. The summed E-state index contributed by atoms with van der Waals surface area (Å²) in [6, 6.07) is 8.28. The summed E-state index contributed by atoms with van der Waals surface area (Å²) >= 11 is 0. The molecule has 2 unspecified atom stereocenters. The van der Waals surface area contributed by atoms with Crippen molar-refractivity contribution in [1.82, 2.24) is 9.80 Å². The number of fused-ring (bicyclic) bond motifs is 1. The Hall–Kier alpha value is -1.59. The molecule has 0 bridgehead atoms. The summed E-state index contributed by atoms with van der Waals surface area (Å²) in [6.07, 6.45) is -0.232. The summed E-state index contributed by atoms with van der Waals surface area (Å²) in [5.74, 6) is 0. The highest BCUT2D eigenvalue weighted by molar-refractivity contribution is 5.65. The normalized spacial score (nSPS) is 27.3. The van der Waals surface area contributed by atoms with E-state index in [1.165, 1.54) is 16.0 Å². The summed E-state index contributed by atoms with van der Waals surface area (Å²) in [4.78, 5) is 14.8. The number of nitrogens with zero attached hydrogens (tertiary/aromatic N) is 2. The van der Waals surface area contributed by atoms with Crippen molar-refractivity contribution < 1.29 is 15.0 Å². The van der Waals surface area contributed by atoms with Crippen LogP contribution in [0, 0.1) is 0 Å². The van der Waals surface area contributed by atoms with E-state index in [1.807, 2.05) is 12.1 Å². The van der Waals surface area contributed by atoms with E-state index in [0.717, 1.165) is 19.5 Å². The van der Waals surface area contributed by atoms with E-state index in [9.17, 15) is 15.0 Å². The third kappa shape index (κ3) is 2.31. The van der Waals surface area contributed by atoms with Gasteiger partial charge < -0.3 is 10.2 Å². The first-order chi connectivity index (χ1) is 9.15. The highest BCUT2D eigenvalue weighted by Crippen LogP contribution is 2.27. The van der Waals surface area contributed by atoms with E-state index in [1.54, 1.807) is 0 Å². The number of carbonyl (C=O) groups is 1. The van der Waals surface area contributed by atoms with Gasteiger partial charge in [0.25, 0.3) is 0 Å². The maximum absolute atomic E-state index is 11.2. The van der Waals surface area contributed by atoms with E-state index in [-0.39, 0.29) is 12.7 Å². The number of β-amino-alcohol motifs (C(OH)–C–C–N with tert-alkyl or cyclic N) is 1. The predicted octanol–water partition coefficient (Wildman–Crippen LogP) is 1.12. The van der Waals surface area contributed by atoms with Crippen molar-refractivity contribution >= 4 is 6.09 Å². The van der Waals surface area contributed by atoms with Crippen molar-refractivity contribution in [2.45, 2.75) is 31.7 Å². The lowest BCUT2D eigenvalue weighted by atomic mass is 9.99. The highest BCUT2D eigenvalue weighted by Gasteiger charge is 2.38. The molecule has 1 saturated heterocycles. The molecule has 0 saturated carbocycles. The average molecular weight is 262 g/mol. The zero-order valence-electron chi connectivity index (χ0n) is 10.7. The topological polar surface area (TPSA) is 64.0 Å². The van der Waals surface area contributed by atoms with Crippen LogP contribution in [0.1, 0.15) is 17.5 Å². The Morgan fingerprint density at radius 1 is 1.26 bits per heavy atom. The maximum atomic E-state index is 11.2. The van der Waals surface area contributed by atoms with Gasteiger partial charge in [0.2, 0.25) is 0 Å². The number of benzene rings is 1. The first-order valence-corrected chi connectivity index (χ1v) is 6.63. The van der Waals surface area contributed by atoms with Gasteiger partial charge in [-0.15, -0.1) is 0 Å². The van der Waals surface area contributed by atoms with E-state index in [4.69, 9.17) is 0 Å². The lowest BCUT2D eigenvalue weighted by Crippen LogP contribution is -2.48. The second-order valence-electron chi connectivity index (χ2n) is 5.29. The molecule has 5 heteroatoms. The first-order valence-electron chi connectivity index (χ1n) is 6.63. The van der Waals surface area contributed by atoms with Gasteiger partial charge in [0.05, 0.1) is 18.8 Å². The fourth-order valence-electron chi connectivity index (χ4n) is 3.12. The second-order valence-corrected chi connectivity index (χ2v) is 5.29. The van der Waals surface area contributed by atoms with Crippen LogP contribution in [0.15, 0.2) is 24.3 Å². The molecule has 1 aromatic carbocycles. The summed E-state index contributed by atoms with van der Waals surface area (Å²) in [7, 11) is 0. The summed E-state index contributed by atoms with van der Waals surface area (Å²) < 4.78 is 0. The molecule has 102 valence electrons. The Bertz CT molecular complexity index is 491. The smallest absolute Gasteiger partial charge is 0.408 e. The minimum Gasteiger partial charge on any atom is -0.465 e. The van der Waals surface area contributed by atoms with Crippen LogP contribution in [-0.2, 0) is 13.0 Å². The largest absolute Gasteiger partial charge is 0.465 e. The fourth-order valence-corrected chi connectivity index (χ4v) is 3.12. The zero-order chi connectivity index (χ0) is 13.4. The molecule has 3 rings (SSSR count). The van der Waals surface area contributed by atoms with Crippen molar-refractivity contribution in [3.63, 3.8) is 0 Å². The predicted molar refractivity (Wildman–Crippen MR) is 69.7 cm³/mol. The Morgan fingerprint density at radius 3 is 2.74 bits per heavy atom. The van der Waals surface area contributed by atoms with Crippen molar-refractivity contribution in [1.29, 1.82) is 0 Å². The van der Waals surface area contributed by atoms with Crippen LogP contribution in [0.5, 0.6) is 0 Å². The van der Waals surface area contributed by atoms with Crippen LogP contribution in [-0.4, -0.2) is 51.5 Å². The first kappa shape index (κ1) is 12.4. The molecule has 1 fully saturated rings. The Morgan fingerprint density at radius 2 is 2.00 bits per heavy atom. The summed E-state index contributed by atoms with van der Waals surface area (Å²) in [5, 5.41) is 18.9. The summed E-state index contributed by atoms with van der Waals surface area (Å²) in [5.41, 5.74) is 2.61. The number of amides is 1. The van der Waals surface area contributed by atoms with E-state index >= 15 is 0 Å². The Balaban J connectivity index is 1.79. The number of carboxylic acid groups (broad SMARTS) is 1. The van der Waals surface area contributed by atoms with Crippen LogP contribution in [0.3, 0.4) is 0 Å². The maximum Gasteiger partial charge on any atom is 0.408 e. The third-order valence-electron chi connectivity index (χ3n) is 4.08. The minimum absolute atomic E-state index is 0.194. The van der Waals surface area contributed by atoms with E-state index < -0.39 is 12.2 Å². The molecule has 0 aliphatic carbocycles. The molecule has 5 nitrogen and oxygen atoms in total. The van der Waals surface area contributed by atoms with Gasteiger partial charge in [0.15, 0.2) is 0 Å². The molecule has 19 heavy (non-hydrogen) atoms. The van der Waals surface area contributed by atoms with Gasteiger partial charge in [-0.2, -0.15) is 0 Å². The van der Waals surface area contributed by atoms with Crippen molar-refractivity contribution in [3.05, 3.63) is 35.4 Å². The molecule has 0 spiro atoms. The average Bonchev–Trinajstić information content (AvgIpc) is 2.80. The summed E-state index contributed by atoms with van der Waals surface area (Å²) in [6.45, 7) is 1.83. The number of hydrogen-bond donors (Lipinski definition) is 2. The number of aliphatic hydroxyl groups is 1. The van der Waals surface area contributed by atoms with Gasteiger partial charge in [-0.1, -0.05) is 24.3 Å². The van der Waals surface area contributed by atoms with Crippen LogP contribution in [0.25, 0.3) is 0 Å². The molecule has 2 atom stereocenters. The lowest BCUT2D eigenvalue weighted by Gasteiger charge is -2.36. The van der Waals surface area contributed by atoms with Crippen LogP contribution >= 0.6 is 0 Å². The van der Waals surface area contributed by atoms with Crippen molar-refractivity contribution in [3.8, 4) is 0 Å². The van der Waals surface area contributed by atoms with Crippen molar-refractivity contribution in [2.75, 3.05) is 13.1 Å². The molecule has 0 radical (unpaired) electrons. The molecule has 2 heterocycles. The number of rotatable bonds is 1. The van der Waals surface area contributed by atoms with Gasteiger partial charge in [-0.05, 0) is 17.5 Å². The number of hydrogen-bond acceptors (Lipinski definition) is 3. The number of aliphatic hydroxyl groups excluding tert-OH is 1. The van der Waals surface area contributed by atoms with Gasteiger partial charge in [-0.25, -0.2) is 4.79 Å². The minimum atomic E-state index is -0.944. The quantitative estimate of drug-likeness (QED) is 0.796. The van der Waals surface area contributed by atoms with Crippen LogP contribution in [0.2, 0.25) is 0 Å². The fraction of sp³-hybridized carbons (Fsp3) is 0.500. The molecular formula is C14H18N2O3. The SMILES string of the molecule is O=C(O)N1CC(O)CC1N1CCc2ccccc2C1. The Labute approximate surface area is 112 Å². The highest BCUT2D eigenvalue weighted by atomic mass is 16.4. The van der Waals surface area contributed by atoms with Crippen LogP contribution < -0.4 is 0 Å². The van der Waals surface area contributed by atoms with Crippen molar-refractivity contribution in [2.24, 2.45) is 0 Å². The van der Waals surface area contributed by atoms with Gasteiger partial charge in [0.1, 0.15) is 0 Å². The van der Waals surface area contributed by atoms with Gasteiger partial charge in [0, 0.05) is 19.5 Å². The molecule has 1 amide bonds. The van der Waals surface area contributed by atoms with Gasteiger partial charge in [-0.3, -0.25) is 9.80 Å². The molecule has 2 aliphatic rings. The van der Waals surface area contributed by atoms with E-state index in [0.29, 0.717) is 6.42 Å². The van der Waals surface area contributed by atoms with Crippen LogP contribution in [0.4, 0.5) is 4.79 Å². The Kier molecular flexibility index (Phi) is 3.16. The van der Waals surface area contributed by atoms with E-state index in [2.05, 4.69) is 17.0 Å². The zero-order valence-corrected chi connectivity index (χ0v) is 10.7. The second kappa shape index (κ2) is 4.83. The van der Waals surface area contributed by atoms with Gasteiger partial charge >= 0.3 is 6.09 Å². The monoisotopic (exact) mass is 262 g/mol. The lowest BCUT2D eigenvalue weighted by molar-refractivity contribution is 0.0600. The standard InChI is InChI=1S/C14H18N2O3/c17-12-7-13(16(9-12)14(18)19)15-6-5-10-3-1-2-4-11(10)8-15/h1-4,12-13,17H,5-9H2,(H,18,19). The molecule has 1 aromatic rings.